The number of fused-ring (bicyclic) bond motifs is 1. The highest BCUT2D eigenvalue weighted by molar-refractivity contribution is 5.93. The topological polar surface area (TPSA) is 99.4 Å². The molecule has 0 radical (unpaired) electrons. The highest BCUT2D eigenvalue weighted by atomic mass is 16.6. The quantitative estimate of drug-likeness (QED) is 0.445. The standard InChI is InChI=1S/C16H27NO5/c1-2-3-10(18)4-5-11-12-8-14(13(12)9-15(11)19)17-22-7-6-16(20)21/h10-13,15,18-19H,2-9H2,1H3,(H,20,21). The van der Waals surface area contributed by atoms with Gasteiger partial charge in [-0.2, -0.15) is 0 Å². The van der Waals surface area contributed by atoms with Gasteiger partial charge < -0.3 is 20.2 Å². The summed E-state index contributed by atoms with van der Waals surface area (Å²) in [6.45, 7) is 2.15. The van der Waals surface area contributed by atoms with Gasteiger partial charge in [-0.15, -0.1) is 0 Å². The summed E-state index contributed by atoms with van der Waals surface area (Å²) in [5, 5.41) is 32.6. The molecule has 0 spiro atoms. The summed E-state index contributed by atoms with van der Waals surface area (Å²) in [5.41, 5.74) is 0.950. The average molecular weight is 313 g/mol. The van der Waals surface area contributed by atoms with E-state index in [-0.39, 0.29) is 37.1 Å². The molecule has 2 fully saturated rings. The lowest BCUT2D eigenvalue weighted by molar-refractivity contribution is -0.138. The summed E-state index contributed by atoms with van der Waals surface area (Å²) >= 11 is 0. The number of hydrogen-bond acceptors (Lipinski definition) is 5. The molecule has 0 aromatic heterocycles. The number of carboxylic acid groups (broad SMARTS) is 1. The van der Waals surface area contributed by atoms with Crippen molar-refractivity contribution in [2.24, 2.45) is 22.9 Å². The van der Waals surface area contributed by atoms with Crippen molar-refractivity contribution in [3.05, 3.63) is 0 Å². The van der Waals surface area contributed by atoms with E-state index < -0.39 is 5.97 Å². The van der Waals surface area contributed by atoms with Gasteiger partial charge in [0.2, 0.25) is 0 Å². The minimum absolute atomic E-state index is 0.0502. The number of aliphatic hydroxyl groups is 2. The van der Waals surface area contributed by atoms with Crippen LogP contribution in [0.5, 0.6) is 0 Å². The molecule has 22 heavy (non-hydrogen) atoms. The van der Waals surface area contributed by atoms with E-state index in [4.69, 9.17) is 9.94 Å². The Morgan fingerprint density at radius 3 is 2.91 bits per heavy atom. The number of aliphatic carboxylic acids is 1. The van der Waals surface area contributed by atoms with E-state index in [0.29, 0.717) is 12.3 Å². The maximum atomic E-state index is 10.4. The lowest BCUT2D eigenvalue weighted by atomic mass is 9.70. The summed E-state index contributed by atoms with van der Waals surface area (Å²) in [7, 11) is 0. The Bertz CT molecular complexity index is 411. The van der Waals surface area contributed by atoms with Crippen LogP contribution in [0.4, 0.5) is 0 Å². The number of rotatable bonds is 9. The van der Waals surface area contributed by atoms with E-state index in [1.807, 2.05) is 0 Å². The van der Waals surface area contributed by atoms with Crippen LogP contribution in [0.1, 0.15) is 51.9 Å². The maximum absolute atomic E-state index is 10.4. The van der Waals surface area contributed by atoms with Crippen LogP contribution >= 0.6 is 0 Å². The first-order valence-electron chi connectivity index (χ1n) is 8.29. The first kappa shape index (κ1) is 17.2. The van der Waals surface area contributed by atoms with E-state index in [1.165, 1.54) is 0 Å². The van der Waals surface area contributed by atoms with Crippen LogP contribution in [0.25, 0.3) is 0 Å². The maximum Gasteiger partial charge on any atom is 0.306 e. The highest BCUT2D eigenvalue weighted by Gasteiger charge is 2.51. The lowest BCUT2D eigenvalue weighted by Gasteiger charge is -2.35. The van der Waals surface area contributed by atoms with Gasteiger partial charge in [-0.05, 0) is 43.9 Å². The monoisotopic (exact) mass is 313 g/mol. The molecule has 2 saturated carbocycles. The predicted molar refractivity (Wildman–Crippen MR) is 81.5 cm³/mol. The molecule has 5 atom stereocenters. The summed E-state index contributed by atoms with van der Waals surface area (Å²) in [5.74, 6) is 0.0574. The molecule has 0 amide bonds. The van der Waals surface area contributed by atoms with Gasteiger partial charge in [0.1, 0.15) is 6.61 Å². The van der Waals surface area contributed by atoms with Crippen LogP contribution in [0, 0.1) is 17.8 Å². The van der Waals surface area contributed by atoms with Gasteiger partial charge in [-0.25, -0.2) is 0 Å². The summed E-state index contributed by atoms with van der Waals surface area (Å²) in [6, 6.07) is 0. The van der Waals surface area contributed by atoms with Gasteiger partial charge in [-0.1, -0.05) is 18.5 Å². The second-order valence-corrected chi connectivity index (χ2v) is 6.52. The SMILES string of the molecule is CCCC(O)CCC1C(O)CC2C(=NOCCC(=O)O)CC21. The average Bonchev–Trinajstić information content (AvgIpc) is 2.69. The summed E-state index contributed by atoms with van der Waals surface area (Å²) < 4.78 is 0. The molecule has 0 aromatic rings. The number of oxime groups is 1. The number of aliphatic hydroxyl groups excluding tert-OH is 2. The van der Waals surface area contributed by atoms with E-state index in [2.05, 4.69) is 12.1 Å². The molecule has 126 valence electrons. The lowest BCUT2D eigenvalue weighted by Crippen LogP contribution is -2.37. The van der Waals surface area contributed by atoms with Crippen molar-refractivity contribution in [3.63, 3.8) is 0 Å². The van der Waals surface area contributed by atoms with E-state index in [1.54, 1.807) is 0 Å². The second kappa shape index (κ2) is 7.92. The van der Waals surface area contributed by atoms with Crippen LogP contribution in [0.15, 0.2) is 5.16 Å². The fourth-order valence-electron chi connectivity index (χ4n) is 3.74. The van der Waals surface area contributed by atoms with Gasteiger partial charge >= 0.3 is 5.97 Å². The molecule has 6 nitrogen and oxygen atoms in total. The molecule has 0 bridgehead atoms. The number of nitrogens with zero attached hydrogens (tertiary/aromatic N) is 1. The Morgan fingerprint density at radius 1 is 1.45 bits per heavy atom. The molecule has 0 heterocycles. The molecule has 0 saturated heterocycles. The molecule has 0 aromatic carbocycles. The van der Waals surface area contributed by atoms with Gasteiger partial charge in [0.25, 0.3) is 0 Å². The van der Waals surface area contributed by atoms with Crippen molar-refractivity contribution in [1.29, 1.82) is 0 Å². The Balaban J connectivity index is 1.75. The third-order valence-electron chi connectivity index (χ3n) is 4.97. The van der Waals surface area contributed by atoms with Crippen LogP contribution in [-0.4, -0.2) is 45.8 Å². The molecule has 2 aliphatic rings. The third kappa shape index (κ3) is 4.20. The van der Waals surface area contributed by atoms with Crippen LogP contribution in [0.3, 0.4) is 0 Å². The van der Waals surface area contributed by atoms with E-state index >= 15 is 0 Å². The van der Waals surface area contributed by atoms with E-state index in [9.17, 15) is 15.0 Å². The molecular formula is C16H27NO5. The van der Waals surface area contributed by atoms with Crippen LogP contribution < -0.4 is 0 Å². The first-order chi connectivity index (χ1) is 10.5. The van der Waals surface area contributed by atoms with Crippen molar-refractivity contribution in [2.45, 2.75) is 64.1 Å². The summed E-state index contributed by atoms with van der Waals surface area (Å²) in [4.78, 5) is 15.4. The zero-order chi connectivity index (χ0) is 16.1. The minimum atomic E-state index is -0.895. The summed E-state index contributed by atoms with van der Waals surface area (Å²) in [6.07, 6.45) is 4.30. The second-order valence-electron chi connectivity index (χ2n) is 6.52. The normalized spacial score (nSPS) is 33.3. The molecule has 2 aliphatic carbocycles. The van der Waals surface area contributed by atoms with Gasteiger partial charge in [0, 0.05) is 5.92 Å². The Labute approximate surface area is 131 Å². The molecule has 2 rings (SSSR count). The molecule has 0 aliphatic heterocycles. The van der Waals surface area contributed by atoms with Crippen molar-refractivity contribution in [2.75, 3.05) is 6.61 Å². The Hall–Kier alpha value is -1.14. The number of carboxylic acids is 1. The molecule has 6 heteroatoms. The van der Waals surface area contributed by atoms with Crippen LogP contribution in [-0.2, 0) is 9.63 Å². The van der Waals surface area contributed by atoms with Gasteiger partial charge in [-0.3, -0.25) is 4.79 Å². The van der Waals surface area contributed by atoms with Crippen molar-refractivity contribution < 1.29 is 25.0 Å². The van der Waals surface area contributed by atoms with Gasteiger partial charge in [0.05, 0.1) is 24.3 Å². The number of hydrogen-bond donors (Lipinski definition) is 3. The largest absolute Gasteiger partial charge is 0.481 e. The van der Waals surface area contributed by atoms with Crippen LogP contribution in [0.2, 0.25) is 0 Å². The Kier molecular flexibility index (Phi) is 6.20. The first-order valence-corrected chi connectivity index (χ1v) is 8.29. The molecule has 3 N–H and O–H groups in total. The minimum Gasteiger partial charge on any atom is -0.481 e. The smallest absolute Gasteiger partial charge is 0.306 e. The molecule has 5 unspecified atom stereocenters. The van der Waals surface area contributed by atoms with Crippen molar-refractivity contribution >= 4 is 11.7 Å². The molecular weight excluding hydrogens is 286 g/mol. The van der Waals surface area contributed by atoms with Crippen molar-refractivity contribution in [1.82, 2.24) is 0 Å². The number of carbonyl (C=O) groups is 1. The van der Waals surface area contributed by atoms with Crippen molar-refractivity contribution in [3.8, 4) is 0 Å². The third-order valence-corrected chi connectivity index (χ3v) is 4.97. The van der Waals surface area contributed by atoms with Gasteiger partial charge in [0.15, 0.2) is 0 Å². The van der Waals surface area contributed by atoms with E-state index in [0.717, 1.165) is 37.8 Å². The fraction of sp³-hybridized carbons (Fsp3) is 0.875. The zero-order valence-corrected chi connectivity index (χ0v) is 13.1. The Morgan fingerprint density at radius 2 is 2.23 bits per heavy atom. The fourth-order valence-corrected chi connectivity index (χ4v) is 3.74. The highest BCUT2D eigenvalue weighted by Crippen LogP contribution is 2.50. The zero-order valence-electron chi connectivity index (χ0n) is 13.1. The predicted octanol–water partition coefficient (Wildman–Crippen LogP) is 1.79.